The quantitative estimate of drug-likeness (QED) is 0.379. The molecule has 0 radical (unpaired) electrons. The van der Waals surface area contributed by atoms with Crippen LogP contribution in [0.4, 0.5) is 11.4 Å². The normalized spacial score (nSPS) is 10.4. The molecule has 0 spiro atoms. The maximum absolute atomic E-state index is 12.5. The SMILES string of the molecule is COc1ccc(C(=O)Nc2ccc(SCC(=O)Nc3ccc(Cl)cc3Cl)cc2)cc1OC. The van der Waals surface area contributed by atoms with Crippen LogP contribution < -0.4 is 20.1 Å². The first kappa shape index (κ1) is 23.8. The van der Waals surface area contributed by atoms with Gasteiger partial charge in [0, 0.05) is 21.2 Å². The number of anilines is 2. The van der Waals surface area contributed by atoms with Gasteiger partial charge in [0.15, 0.2) is 11.5 Å². The molecule has 0 saturated heterocycles. The van der Waals surface area contributed by atoms with Crippen LogP contribution in [0.15, 0.2) is 65.6 Å². The van der Waals surface area contributed by atoms with Crippen LogP contribution in [0, 0.1) is 0 Å². The zero-order valence-electron chi connectivity index (χ0n) is 17.3. The summed E-state index contributed by atoms with van der Waals surface area (Å²) in [6, 6.07) is 17.0. The summed E-state index contributed by atoms with van der Waals surface area (Å²) in [7, 11) is 3.05. The molecule has 3 aromatic carbocycles. The predicted octanol–water partition coefficient (Wildman–Crippen LogP) is 5.99. The summed E-state index contributed by atoms with van der Waals surface area (Å²) in [6.45, 7) is 0. The van der Waals surface area contributed by atoms with Gasteiger partial charge < -0.3 is 20.1 Å². The van der Waals surface area contributed by atoms with Gasteiger partial charge in [-0.3, -0.25) is 9.59 Å². The molecule has 2 amide bonds. The van der Waals surface area contributed by atoms with Gasteiger partial charge in [-0.05, 0) is 60.7 Å². The summed E-state index contributed by atoms with van der Waals surface area (Å²) in [5, 5.41) is 6.47. The minimum absolute atomic E-state index is 0.190. The Morgan fingerprint density at radius 2 is 1.59 bits per heavy atom. The first-order chi connectivity index (χ1) is 15.4. The molecule has 6 nitrogen and oxygen atoms in total. The Bertz CT molecular complexity index is 1120. The number of ether oxygens (including phenoxy) is 2. The van der Waals surface area contributed by atoms with Crippen molar-refractivity contribution in [1.82, 2.24) is 0 Å². The topological polar surface area (TPSA) is 76.7 Å². The summed E-state index contributed by atoms with van der Waals surface area (Å²) in [4.78, 5) is 25.6. The van der Waals surface area contributed by atoms with Gasteiger partial charge in [-0.25, -0.2) is 0 Å². The number of hydrogen-bond donors (Lipinski definition) is 2. The molecule has 0 aromatic heterocycles. The number of methoxy groups -OCH3 is 2. The number of thioether (sulfide) groups is 1. The van der Waals surface area contributed by atoms with Gasteiger partial charge in [0.05, 0.1) is 30.7 Å². The average Bonchev–Trinajstić information content (AvgIpc) is 2.80. The highest BCUT2D eigenvalue weighted by Crippen LogP contribution is 2.29. The lowest BCUT2D eigenvalue weighted by Gasteiger charge is -2.10. The van der Waals surface area contributed by atoms with E-state index >= 15 is 0 Å². The molecule has 0 atom stereocenters. The van der Waals surface area contributed by atoms with Crippen molar-refractivity contribution in [3.63, 3.8) is 0 Å². The van der Waals surface area contributed by atoms with E-state index < -0.39 is 0 Å². The molecule has 2 N–H and O–H groups in total. The Kier molecular flexibility index (Phi) is 8.27. The van der Waals surface area contributed by atoms with Crippen molar-refractivity contribution < 1.29 is 19.1 Å². The van der Waals surface area contributed by atoms with Gasteiger partial charge in [-0.2, -0.15) is 0 Å². The van der Waals surface area contributed by atoms with Crippen molar-refractivity contribution >= 4 is 58.2 Å². The fourth-order valence-electron chi connectivity index (χ4n) is 2.74. The van der Waals surface area contributed by atoms with Crippen molar-refractivity contribution in [2.75, 3.05) is 30.6 Å². The van der Waals surface area contributed by atoms with Gasteiger partial charge in [-0.15, -0.1) is 11.8 Å². The van der Waals surface area contributed by atoms with Crippen LogP contribution in [0.25, 0.3) is 0 Å². The van der Waals surface area contributed by atoms with Crippen LogP contribution in [-0.4, -0.2) is 31.8 Å². The van der Waals surface area contributed by atoms with E-state index in [1.807, 2.05) is 12.1 Å². The predicted molar refractivity (Wildman–Crippen MR) is 130 cm³/mol. The number of carbonyl (C=O) groups excluding carboxylic acids is 2. The van der Waals surface area contributed by atoms with E-state index in [1.54, 1.807) is 48.5 Å². The van der Waals surface area contributed by atoms with E-state index in [0.717, 1.165) is 4.90 Å². The molecule has 0 fully saturated rings. The number of benzene rings is 3. The van der Waals surface area contributed by atoms with Crippen molar-refractivity contribution in [1.29, 1.82) is 0 Å². The van der Waals surface area contributed by atoms with Crippen molar-refractivity contribution in [3.05, 3.63) is 76.3 Å². The second kappa shape index (κ2) is 11.1. The van der Waals surface area contributed by atoms with Gasteiger partial charge in [0.25, 0.3) is 5.91 Å². The molecule has 0 bridgehead atoms. The van der Waals surface area contributed by atoms with Gasteiger partial charge in [-0.1, -0.05) is 23.2 Å². The van der Waals surface area contributed by atoms with E-state index in [1.165, 1.54) is 26.0 Å². The van der Waals surface area contributed by atoms with Crippen LogP contribution in [0.3, 0.4) is 0 Å². The second-order valence-electron chi connectivity index (χ2n) is 6.51. The highest BCUT2D eigenvalue weighted by atomic mass is 35.5. The van der Waals surface area contributed by atoms with Crippen LogP contribution in [0.1, 0.15) is 10.4 Å². The zero-order valence-corrected chi connectivity index (χ0v) is 19.6. The Morgan fingerprint density at radius 3 is 2.25 bits per heavy atom. The number of amides is 2. The minimum Gasteiger partial charge on any atom is -0.493 e. The van der Waals surface area contributed by atoms with E-state index in [9.17, 15) is 9.59 Å². The van der Waals surface area contributed by atoms with Crippen LogP contribution >= 0.6 is 35.0 Å². The standard InChI is InChI=1S/C23H20Cl2N2O4S/c1-30-20-10-3-14(11-21(20)31-2)23(29)26-16-5-7-17(8-6-16)32-13-22(28)27-19-9-4-15(24)12-18(19)25/h3-12H,13H2,1-2H3,(H,26,29)(H,27,28). The smallest absolute Gasteiger partial charge is 0.255 e. The van der Waals surface area contributed by atoms with E-state index in [-0.39, 0.29) is 17.6 Å². The minimum atomic E-state index is -0.273. The molecule has 0 saturated carbocycles. The first-order valence-corrected chi connectivity index (χ1v) is 11.1. The number of carbonyl (C=O) groups is 2. The maximum atomic E-state index is 12.5. The van der Waals surface area contributed by atoms with Gasteiger partial charge in [0.2, 0.25) is 5.91 Å². The van der Waals surface area contributed by atoms with E-state index in [2.05, 4.69) is 10.6 Å². The largest absolute Gasteiger partial charge is 0.493 e. The molecule has 0 aliphatic carbocycles. The van der Waals surface area contributed by atoms with Crippen LogP contribution in [-0.2, 0) is 4.79 Å². The number of rotatable bonds is 8. The van der Waals surface area contributed by atoms with Crippen LogP contribution in [0.5, 0.6) is 11.5 Å². The Labute approximate surface area is 200 Å². The maximum Gasteiger partial charge on any atom is 0.255 e. The Balaban J connectivity index is 1.54. The van der Waals surface area contributed by atoms with Gasteiger partial charge >= 0.3 is 0 Å². The van der Waals surface area contributed by atoms with Crippen molar-refractivity contribution in [2.24, 2.45) is 0 Å². The molecule has 3 aromatic rings. The molecule has 0 heterocycles. The van der Waals surface area contributed by atoms with E-state index in [4.69, 9.17) is 32.7 Å². The molecule has 32 heavy (non-hydrogen) atoms. The highest BCUT2D eigenvalue weighted by Gasteiger charge is 2.12. The fraction of sp³-hybridized carbons (Fsp3) is 0.130. The number of nitrogens with one attached hydrogen (secondary N) is 2. The van der Waals surface area contributed by atoms with Gasteiger partial charge in [0.1, 0.15) is 0 Å². The highest BCUT2D eigenvalue weighted by molar-refractivity contribution is 8.00. The average molecular weight is 491 g/mol. The summed E-state index contributed by atoms with van der Waals surface area (Å²) >= 11 is 13.3. The molecular weight excluding hydrogens is 471 g/mol. The summed E-state index contributed by atoms with van der Waals surface area (Å²) in [6.07, 6.45) is 0. The first-order valence-electron chi connectivity index (χ1n) is 9.40. The molecule has 166 valence electrons. The number of halogens is 2. The summed E-state index contributed by atoms with van der Waals surface area (Å²) in [5.74, 6) is 0.768. The zero-order chi connectivity index (χ0) is 23.1. The molecule has 0 aliphatic heterocycles. The molecule has 9 heteroatoms. The monoisotopic (exact) mass is 490 g/mol. The Morgan fingerprint density at radius 1 is 0.875 bits per heavy atom. The lowest BCUT2D eigenvalue weighted by molar-refractivity contribution is -0.113. The Hall–Kier alpha value is -2.87. The number of hydrogen-bond acceptors (Lipinski definition) is 5. The fourth-order valence-corrected chi connectivity index (χ4v) is 3.90. The summed E-state index contributed by atoms with van der Waals surface area (Å²) in [5.41, 5.74) is 1.58. The molecular formula is C23H20Cl2N2O4S. The van der Waals surface area contributed by atoms with Crippen molar-refractivity contribution in [2.45, 2.75) is 4.90 Å². The third-order valence-electron chi connectivity index (χ3n) is 4.33. The summed E-state index contributed by atoms with van der Waals surface area (Å²) < 4.78 is 10.4. The molecule has 0 unspecified atom stereocenters. The second-order valence-corrected chi connectivity index (χ2v) is 8.40. The van der Waals surface area contributed by atoms with Crippen LogP contribution in [0.2, 0.25) is 10.0 Å². The lowest BCUT2D eigenvalue weighted by atomic mass is 10.2. The third kappa shape index (κ3) is 6.32. The lowest BCUT2D eigenvalue weighted by Crippen LogP contribution is -2.14. The molecule has 0 aliphatic rings. The van der Waals surface area contributed by atoms with Crippen molar-refractivity contribution in [3.8, 4) is 11.5 Å². The third-order valence-corrected chi connectivity index (χ3v) is 5.89. The molecule has 3 rings (SSSR count). The van der Waals surface area contributed by atoms with E-state index in [0.29, 0.717) is 38.5 Å².